The molecule has 0 aromatic heterocycles. The van der Waals surface area contributed by atoms with Crippen LogP contribution in [-0.2, 0) is 0 Å². The first kappa shape index (κ1) is 16.4. The first-order valence-electron chi connectivity index (χ1n) is 6.17. The molecule has 0 heterocycles. The lowest BCUT2D eigenvalue weighted by Gasteiger charge is -2.19. The number of rotatable bonds is 4. The van der Waals surface area contributed by atoms with E-state index in [2.05, 4.69) is 21.2 Å². The molecule has 1 unspecified atom stereocenters. The molecule has 0 fully saturated rings. The lowest BCUT2D eigenvalue weighted by Crippen LogP contribution is -2.09. The highest BCUT2D eigenvalue weighted by Crippen LogP contribution is 2.36. The Labute approximate surface area is 141 Å². The predicted octanol–water partition coefficient (Wildman–Crippen LogP) is 6.08. The van der Waals surface area contributed by atoms with Crippen LogP contribution in [0.1, 0.15) is 18.5 Å². The molecule has 21 heavy (non-hydrogen) atoms. The summed E-state index contributed by atoms with van der Waals surface area (Å²) in [5.41, 5.74) is 1.08. The predicted molar refractivity (Wildman–Crippen MR) is 89.2 cm³/mol. The second-order valence-electron chi connectivity index (χ2n) is 4.50. The third-order valence-corrected chi connectivity index (χ3v) is 4.10. The number of nitrogens with one attached hydrogen (secondary N) is 1. The van der Waals surface area contributed by atoms with Gasteiger partial charge in [0.2, 0.25) is 0 Å². The minimum Gasteiger partial charge on any atom is -0.497 e. The summed E-state index contributed by atoms with van der Waals surface area (Å²) >= 11 is 15.6. The lowest BCUT2D eigenvalue weighted by molar-refractivity contribution is 0.410. The van der Waals surface area contributed by atoms with E-state index in [1.54, 1.807) is 24.3 Å². The highest BCUT2D eigenvalue weighted by molar-refractivity contribution is 9.10. The van der Waals surface area contributed by atoms with Crippen molar-refractivity contribution in [2.24, 2.45) is 0 Å². The van der Waals surface area contributed by atoms with Gasteiger partial charge in [0.1, 0.15) is 11.6 Å². The van der Waals surface area contributed by atoms with Gasteiger partial charge in [-0.05, 0) is 25.1 Å². The summed E-state index contributed by atoms with van der Waals surface area (Å²) in [7, 11) is 1.50. The quantitative estimate of drug-likeness (QED) is 0.680. The standard InChI is InChI=1S/C15H13BrCl2FNO/c1-8(11-4-3-10(21-2)7-14(11)19)20-15-12(17)5-9(16)6-13(15)18/h3-8,20H,1-2H3. The average Bonchev–Trinajstić information content (AvgIpc) is 2.42. The smallest absolute Gasteiger partial charge is 0.132 e. The van der Waals surface area contributed by atoms with Gasteiger partial charge in [-0.25, -0.2) is 4.39 Å². The van der Waals surface area contributed by atoms with E-state index in [1.807, 2.05) is 6.92 Å². The Bertz CT molecular complexity index is 643. The Hall–Kier alpha value is -0.970. The molecule has 0 bridgehead atoms. The van der Waals surface area contributed by atoms with Crippen LogP contribution >= 0.6 is 39.1 Å². The van der Waals surface area contributed by atoms with Crippen LogP contribution in [0.25, 0.3) is 0 Å². The molecule has 2 nitrogen and oxygen atoms in total. The van der Waals surface area contributed by atoms with Crippen molar-refractivity contribution in [2.45, 2.75) is 13.0 Å². The molecule has 112 valence electrons. The molecular weight excluding hydrogens is 380 g/mol. The average molecular weight is 393 g/mol. The van der Waals surface area contributed by atoms with Crippen molar-refractivity contribution in [1.29, 1.82) is 0 Å². The Morgan fingerprint density at radius 1 is 1.19 bits per heavy atom. The number of hydrogen-bond donors (Lipinski definition) is 1. The molecule has 1 N–H and O–H groups in total. The molecule has 0 aliphatic heterocycles. The lowest BCUT2D eigenvalue weighted by atomic mass is 10.1. The van der Waals surface area contributed by atoms with E-state index in [4.69, 9.17) is 27.9 Å². The molecule has 0 aliphatic carbocycles. The largest absolute Gasteiger partial charge is 0.497 e. The third-order valence-electron chi connectivity index (χ3n) is 3.04. The third kappa shape index (κ3) is 3.82. The van der Waals surface area contributed by atoms with Crippen molar-refractivity contribution in [3.05, 3.63) is 56.2 Å². The van der Waals surface area contributed by atoms with Gasteiger partial charge in [-0.1, -0.05) is 45.2 Å². The minimum absolute atomic E-state index is 0.299. The van der Waals surface area contributed by atoms with E-state index in [0.29, 0.717) is 27.0 Å². The van der Waals surface area contributed by atoms with Crippen LogP contribution < -0.4 is 10.1 Å². The summed E-state index contributed by atoms with van der Waals surface area (Å²) < 4.78 is 19.8. The maximum Gasteiger partial charge on any atom is 0.132 e. The van der Waals surface area contributed by atoms with Crippen molar-refractivity contribution in [1.82, 2.24) is 0 Å². The van der Waals surface area contributed by atoms with Crippen LogP contribution in [0.4, 0.5) is 10.1 Å². The maximum absolute atomic E-state index is 14.1. The molecule has 1 atom stereocenters. The Morgan fingerprint density at radius 3 is 2.33 bits per heavy atom. The molecule has 2 rings (SSSR count). The molecule has 0 spiro atoms. The molecule has 6 heteroatoms. The van der Waals surface area contributed by atoms with Crippen LogP contribution in [-0.4, -0.2) is 7.11 Å². The van der Waals surface area contributed by atoms with Gasteiger partial charge in [0.15, 0.2) is 0 Å². The molecular formula is C15H13BrCl2FNO. The molecule has 0 aliphatic rings. The zero-order chi connectivity index (χ0) is 15.6. The van der Waals surface area contributed by atoms with Crippen LogP contribution in [0.3, 0.4) is 0 Å². The normalized spacial score (nSPS) is 12.1. The van der Waals surface area contributed by atoms with Gasteiger partial charge in [-0.15, -0.1) is 0 Å². The zero-order valence-electron chi connectivity index (χ0n) is 11.4. The van der Waals surface area contributed by atoms with Gasteiger partial charge in [-0.2, -0.15) is 0 Å². The number of hydrogen-bond acceptors (Lipinski definition) is 2. The maximum atomic E-state index is 14.1. The van der Waals surface area contributed by atoms with Crippen molar-refractivity contribution >= 4 is 44.8 Å². The van der Waals surface area contributed by atoms with Gasteiger partial charge in [0.05, 0.1) is 28.9 Å². The van der Waals surface area contributed by atoms with Crippen molar-refractivity contribution in [3.8, 4) is 5.75 Å². The first-order chi connectivity index (χ1) is 9.92. The highest BCUT2D eigenvalue weighted by Gasteiger charge is 2.15. The Balaban J connectivity index is 2.28. The summed E-state index contributed by atoms with van der Waals surface area (Å²) in [6.07, 6.45) is 0. The molecule has 0 amide bonds. The zero-order valence-corrected chi connectivity index (χ0v) is 14.5. The van der Waals surface area contributed by atoms with E-state index in [0.717, 1.165) is 4.47 Å². The van der Waals surface area contributed by atoms with Crippen LogP contribution in [0.2, 0.25) is 10.0 Å². The summed E-state index contributed by atoms with van der Waals surface area (Å²) in [6.45, 7) is 1.83. The van der Waals surface area contributed by atoms with Crippen molar-refractivity contribution in [2.75, 3.05) is 12.4 Å². The SMILES string of the molecule is COc1ccc(C(C)Nc2c(Cl)cc(Br)cc2Cl)c(F)c1. The number of ether oxygens (including phenoxy) is 1. The molecule has 0 saturated heterocycles. The molecule has 2 aromatic rings. The van der Waals surface area contributed by atoms with Crippen molar-refractivity contribution < 1.29 is 9.13 Å². The Morgan fingerprint density at radius 2 is 1.81 bits per heavy atom. The Kier molecular flexibility index (Phi) is 5.36. The fraction of sp³-hybridized carbons (Fsp3) is 0.200. The van der Waals surface area contributed by atoms with Gasteiger partial charge in [0, 0.05) is 16.1 Å². The summed E-state index contributed by atoms with van der Waals surface area (Å²) in [4.78, 5) is 0. The topological polar surface area (TPSA) is 21.3 Å². The van der Waals surface area contributed by atoms with E-state index in [1.165, 1.54) is 13.2 Å². The summed E-state index contributed by atoms with van der Waals surface area (Å²) in [5, 5.41) is 4.07. The molecule has 0 radical (unpaired) electrons. The number of halogens is 4. The number of anilines is 1. The second-order valence-corrected chi connectivity index (χ2v) is 6.23. The van der Waals surface area contributed by atoms with Crippen molar-refractivity contribution in [3.63, 3.8) is 0 Å². The first-order valence-corrected chi connectivity index (χ1v) is 7.71. The van der Waals surface area contributed by atoms with Gasteiger partial charge in [-0.3, -0.25) is 0 Å². The van der Waals surface area contributed by atoms with Crippen LogP contribution in [0.15, 0.2) is 34.8 Å². The summed E-state index contributed by atoms with van der Waals surface area (Å²) in [5.74, 6) is 0.127. The summed E-state index contributed by atoms with van der Waals surface area (Å²) in [6, 6.07) is 7.89. The van der Waals surface area contributed by atoms with Crippen LogP contribution in [0.5, 0.6) is 5.75 Å². The van der Waals surface area contributed by atoms with E-state index in [9.17, 15) is 4.39 Å². The highest BCUT2D eigenvalue weighted by atomic mass is 79.9. The number of methoxy groups -OCH3 is 1. The van der Waals surface area contributed by atoms with Gasteiger partial charge >= 0.3 is 0 Å². The van der Waals surface area contributed by atoms with E-state index < -0.39 is 0 Å². The molecule has 0 saturated carbocycles. The number of benzene rings is 2. The van der Waals surface area contributed by atoms with Gasteiger partial charge < -0.3 is 10.1 Å². The van der Waals surface area contributed by atoms with E-state index >= 15 is 0 Å². The molecule has 2 aromatic carbocycles. The minimum atomic E-state index is -0.348. The van der Waals surface area contributed by atoms with E-state index in [-0.39, 0.29) is 11.9 Å². The van der Waals surface area contributed by atoms with Crippen LogP contribution in [0, 0.1) is 5.82 Å². The monoisotopic (exact) mass is 391 g/mol. The van der Waals surface area contributed by atoms with Gasteiger partial charge in [0.25, 0.3) is 0 Å². The second kappa shape index (κ2) is 6.86. The fourth-order valence-corrected chi connectivity index (χ4v) is 3.28. The fourth-order valence-electron chi connectivity index (χ4n) is 1.96.